The van der Waals surface area contributed by atoms with Crippen LogP contribution in [0.25, 0.3) is 0 Å². The van der Waals surface area contributed by atoms with Crippen molar-refractivity contribution in [3.8, 4) is 11.8 Å². The van der Waals surface area contributed by atoms with Crippen molar-refractivity contribution in [3.05, 3.63) is 83.2 Å². The largest absolute Gasteiger partial charge is 0.361 e. The Hall–Kier alpha value is -3.32. The highest BCUT2D eigenvalue weighted by Crippen LogP contribution is 2.22. The Morgan fingerprint density at radius 2 is 1.63 bits per heavy atom. The number of aromatic nitrogens is 1. The first kappa shape index (κ1) is 18.5. The molecule has 136 valence electrons. The average molecular weight is 358 g/mol. The number of nitrogens with zero attached hydrogens (tertiary/aromatic N) is 1. The van der Waals surface area contributed by atoms with Crippen molar-refractivity contribution in [1.29, 1.82) is 0 Å². The van der Waals surface area contributed by atoms with Gasteiger partial charge in [0.1, 0.15) is 5.76 Å². The monoisotopic (exact) mass is 358 g/mol. The highest BCUT2D eigenvalue weighted by molar-refractivity contribution is 5.92. The third-order valence-electron chi connectivity index (χ3n) is 3.93. The molecule has 0 aliphatic carbocycles. The van der Waals surface area contributed by atoms with Gasteiger partial charge < -0.3 is 9.84 Å². The summed E-state index contributed by atoms with van der Waals surface area (Å²) in [6.07, 6.45) is 0.176. The summed E-state index contributed by atoms with van der Waals surface area (Å²) >= 11 is 0. The normalized spacial score (nSPS) is 10.8. The van der Waals surface area contributed by atoms with Gasteiger partial charge in [-0.15, -0.1) is 0 Å². The van der Waals surface area contributed by atoms with Crippen LogP contribution in [-0.2, 0) is 16.6 Å². The third-order valence-corrected chi connectivity index (χ3v) is 3.93. The van der Waals surface area contributed by atoms with Gasteiger partial charge in [0.05, 0.1) is 12.1 Å². The molecule has 0 aliphatic rings. The fourth-order valence-corrected chi connectivity index (χ4v) is 2.42. The molecule has 4 heteroatoms. The number of carbonyl (C=O) groups is 1. The molecule has 27 heavy (non-hydrogen) atoms. The summed E-state index contributed by atoms with van der Waals surface area (Å²) in [6, 6.07) is 19.1. The highest BCUT2D eigenvalue weighted by atomic mass is 16.5. The van der Waals surface area contributed by atoms with Crippen LogP contribution in [0.1, 0.15) is 43.4 Å². The van der Waals surface area contributed by atoms with Crippen LogP contribution in [0.15, 0.2) is 65.2 Å². The Morgan fingerprint density at radius 3 is 2.22 bits per heavy atom. The second kappa shape index (κ2) is 7.92. The van der Waals surface area contributed by atoms with Crippen LogP contribution in [0.4, 0.5) is 5.69 Å². The van der Waals surface area contributed by atoms with Crippen LogP contribution < -0.4 is 5.32 Å². The molecule has 0 fully saturated rings. The van der Waals surface area contributed by atoms with Crippen molar-refractivity contribution < 1.29 is 9.32 Å². The number of hydrogen-bond acceptors (Lipinski definition) is 3. The minimum atomic E-state index is -0.133. The van der Waals surface area contributed by atoms with Crippen molar-refractivity contribution in [3.63, 3.8) is 0 Å². The molecule has 0 atom stereocenters. The zero-order valence-electron chi connectivity index (χ0n) is 15.7. The van der Waals surface area contributed by atoms with Gasteiger partial charge >= 0.3 is 0 Å². The average Bonchev–Trinajstić information content (AvgIpc) is 3.11. The van der Waals surface area contributed by atoms with Gasteiger partial charge in [0.15, 0.2) is 0 Å². The van der Waals surface area contributed by atoms with Crippen LogP contribution >= 0.6 is 0 Å². The zero-order valence-corrected chi connectivity index (χ0v) is 15.7. The standard InChI is InChI=1S/C23H22N2O2/c1-23(2,3)21-15-20(25-27-21)16-22(26)24-19-13-11-18(12-14-19)10-9-17-7-5-4-6-8-17/h4-8,11-15H,16H2,1-3H3,(H,24,26). The molecular weight excluding hydrogens is 336 g/mol. The first-order valence-electron chi connectivity index (χ1n) is 8.83. The van der Waals surface area contributed by atoms with Gasteiger partial charge in [-0.1, -0.05) is 56.0 Å². The fourth-order valence-electron chi connectivity index (χ4n) is 2.42. The minimum absolute atomic E-state index is 0.127. The predicted molar refractivity (Wildman–Crippen MR) is 106 cm³/mol. The van der Waals surface area contributed by atoms with Gasteiger partial charge in [0, 0.05) is 28.3 Å². The van der Waals surface area contributed by atoms with Gasteiger partial charge in [-0.05, 0) is 36.4 Å². The van der Waals surface area contributed by atoms with Crippen molar-refractivity contribution in [2.45, 2.75) is 32.6 Å². The molecule has 0 saturated carbocycles. The molecule has 0 spiro atoms. The van der Waals surface area contributed by atoms with E-state index in [4.69, 9.17) is 4.52 Å². The molecule has 1 heterocycles. The van der Waals surface area contributed by atoms with Gasteiger partial charge in [0.2, 0.25) is 5.91 Å². The number of rotatable bonds is 3. The van der Waals surface area contributed by atoms with Gasteiger partial charge in [0.25, 0.3) is 0 Å². The first-order chi connectivity index (χ1) is 12.9. The third kappa shape index (κ3) is 5.32. The summed E-state index contributed by atoms with van der Waals surface area (Å²) < 4.78 is 5.31. The van der Waals surface area contributed by atoms with E-state index < -0.39 is 0 Å². The maximum Gasteiger partial charge on any atom is 0.230 e. The van der Waals surface area contributed by atoms with E-state index in [0.29, 0.717) is 5.69 Å². The first-order valence-corrected chi connectivity index (χ1v) is 8.83. The SMILES string of the molecule is CC(C)(C)c1cc(CC(=O)Nc2ccc(C#Cc3ccccc3)cc2)no1. The smallest absolute Gasteiger partial charge is 0.230 e. The lowest BCUT2D eigenvalue weighted by Crippen LogP contribution is -2.14. The van der Waals surface area contributed by atoms with E-state index in [-0.39, 0.29) is 17.7 Å². The number of hydrogen-bond donors (Lipinski definition) is 1. The Morgan fingerprint density at radius 1 is 1.00 bits per heavy atom. The molecule has 0 radical (unpaired) electrons. The zero-order chi connectivity index (χ0) is 19.3. The Bertz CT molecular complexity index is 969. The van der Waals surface area contributed by atoms with E-state index in [1.807, 2.05) is 81.4 Å². The molecule has 0 unspecified atom stereocenters. The minimum Gasteiger partial charge on any atom is -0.361 e. The number of carbonyl (C=O) groups excluding carboxylic acids is 1. The van der Waals surface area contributed by atoms with Crippen molar-refractivity contribution in [2.24, 2.45) is 0 Å². The summed E-state index contributed by atoms with van der Waals surface area (Å²) in [7, 11) is 0. The lowest BCUT2D eigenvalue weighted by atomic mass is 9.93. The molecule has 1 amide bonds. The summed E-state index contributed by atoms with van der Waals surface area (Å²) in [4.78, 5) is 12.2. The topological polar surface area (TPSA) is 55.1 Å². The predicted octanol–water partition coefficient (Wildman–Crippen LogP) is 4.55. The van der Waals surface area contributed by atoms with Gasteiger partial charge in [-0.25, -0.2) is 0 Å². The van der Waals surface area contributed by atoms with Crippen molar-refractivity contribution in [1.82, 2.24) is 5.16 Å². The van der Waals surface area contributed by atoms with Gasteiger partial charge in [-0.2, -0.15) is 0 Å². The molecule has 4 nitrogen and oxygen atoms in total. The molecule has 3 rings (SSSR count). The summed E-state index contributed by atoms with van der Waals surface area (Å²) in [5.74, 6) is 6.86. The van der Waals surface area contributed by atoms with E-state index in [1.165, 1.54) is 0 Å². The van der Waals surface area contributed by atoms with Gasteiger partial charge in [-0.3, -0.25) is 4.79 Å². The molecule has 0 aliphatic heterocycles. The second-order valence-corrected chi connectivity index (χ2v) is 7.35. The molecule has 0 saturated heterocycles. The summed E-state index contributed by atoms with van der Waals surface area (Å²) in [5, 5.41) is 6.85. The van der Waals surface area contributed by atoms with Crippen LogP contribution in [0.5, 0.6) is 0 Å². The number of benzene rings is 2. The summed E-state index contributed by atoms with van der Waals surface area (Å²) in [5.41, 5.74) is 3.09. The molecule has 1 aromatic heterocycles. The Balaban J connectivity index is 1.59. The second-order valence-electron chi connectivity index (χ2n) is 7.35. The van der Waals surface area contributed by atoms with Crippen LogP contribution in [0, 0.1) is 11.8 Å². The highest BCUT2D eigenvalue weighted by Gasteiger charge is 2.20. The lowest BCUT2D eigenvalue weighted by Gasteiger charge is -2.12. The van der Waals surface area contributed by atoms with Crippen LogP contribution in [0.2, 0.25) is 0 Å². The molecule has 2 aromatic carbocycles. The fraction of sp³-hybridized carbons (Fsp3) is 0.217. The maximum absolute atomic E-state index is 12.2. The molecule has 0 bridgehead atoms. The van der Waals surface area contributed by atoms with E-state index in [9.17, 15) is 4.79 Å². The van der Waals surface area contributed by atoms with Crippen LogP contribution in [-0.4, -0.2) is 11.1 Å². The van der Waals surface area contributed by atoms with E-state index >= 15 is 0 Å². The quantitative estimate of drug-likeness (QED) is 0.699. The van der Waals surface area contributed by atoms with E-state index in [0.717, 1.165) is 22.6 Å². The van der Waals surface area contributed by atoms with Crippen molar-refractivity contribution >= 4 is 11.6 Å². The van der Waals surface area contributed by atoms with Crippen LogP contribution in [0.3, 0.4) is 0 Å². The van der Waals surface area contributed by atoms with Crippen molar-refractivity contribution in [2.75, 3.05) is 5.32 Å². The number of amides is 1. The Labute approximate surface area is 159 Å². The van der Waals surface area contributed by atoms with E-state index in [2.05, 4.69) is 22.3 Å². The van der Waals surface area contributed by atoms with E-state index in [1.54, 1.807) is 0 Å². The number of anilines is 1. The molecule has 1 N–H and O–H groups in total. The molecule has 3 aromatic rings. The Kier molecular flexibility index (Phi) is 5.42. The summed E-state index contributed by atoms with van der Waals surface area (Å²) in [6.45, 7) is 6.12. The molecular formula is C23H22N2O2. The lowest BCUT2D eigenvalue weighted by molar-refractivity contribution is -0.115. The maximum atomic E-state index is 12.2. The number of nitrogens with one attached hydrogen (secondary N) is 1.